The standard InChI is InChI=1S/C18H22N2O3/c1-3-11-22-16-7-9-17(10-8-16)23-13-18(21)19-12-15-6-4-5-14(2)20-15/h4-10H,3,11-13H2,1-2H3,(H,19,21). The van der Waals surface area contributed by atoms with Gasteiger partial charge in [-0.05, 0) is 49.7 Å². The van der Waals surface area contributed by atoms with Crippen LogP contribution in [-0.2, 0) is 11.3 Å². The number of pyridine rings is 1. The summed E-state index contributed by atoms with van der Waals surface area (Å²) >= 11 is 0. The highest BCUT2D eigenvalue weighted by Gasteiger charge is 2.04. The molecule has 2 rings (SSSR count). The molecular weight excluding hydrogens is 292 g/mol. The predicted molar refractivity (Wildman–Crippen MR) is 88.5 cm³/mol. The first-order valence-electron chi connectivity index (χ1n) is 7.72. The van der Waals surface area contributed by atoms with Crippen LogP contribution in [0.3, 0.4) is 0 Å². The molecule has 0 unspecified atom stereocenters. The Morgan fingerprint density at radius 1 is 1.09 bits per heavy atom. The van der Waals surface area contributed by atoms with E-state index in [0.29, 0.717) is 18.9 Å². The zero-order valence-corrected chi connectivity index (χ0v) is 13.5. The summed E-state index contributed by atoms with van der Waals surface area (Å²) in [6.45, 7) is 5.04. The summed E-state index contributed by atoms with van der Waals surface area (Å²) in [5, 5.41) is 2.78. The highest BCUT2D eigenvalue weighted by atomic mass is 16.5. The fourth-order valence-corrected chi connectivity index (χ4v) is 1.94. The van der Waals surface area contributed by atoms with E-state index in [1.807, 2.05) is 37.3 Å². The van der Waals surface area contributed by atoms with Gasteiger partial charge in [0.25, 0.3) is 5.91 Å². The molecule has 1 amide bonds. The molecule has 5 nitrogen and oxygen atoms in total. The molecule has 1 aromatic carbocycles. The summed E-state index contributed by atoms with van der Waals surface area (Å²) in [7, 11) is 0. The molecule has 1 N–H and O–H groups in total. The van der Waals surface area contributed by atoms with Gasteiger partial charge >= 0.3 is 0 Å². The van der Waals surface area contributed by atoms with Crippen LogP contribution in [0.2, 0.25) is 0 Å². The van der Waals surface area contributed by atoms with Gasteiger partial charge in [-0.25, -0.2) is 0 Å². The van der Waals surface area contributed by atoms with E-state index >= 15 is 0 Å². The molecule has 23 heavy (non-hydrogen) atoms. The Morgan fingerprint density at radius 2 is 1.78 bits per heavy atom. The Labute approximate surface area is 136 Å². The maximum Gasteiger partial charge on any atom is 0.258 e. The number of ether oxygens (including phenoxy) is 2. The van der Waals surface area contributed by atoms with E-state index in [-0.39, 0.29) is 12.5 Å². The van der Waals surface area contributed by atoms with Crippen molar-refractivity contribution in [2.75, 3.05) is 13.2 Å². The molecule has 0 saturated carbocycles. The van der Waals surface area contributed by atoms with E-state index in [0.717, 1.165) is 23.6 Å². The molecule has 5 heteroatoms. The monoisotopic (exact) mass is 314 g/mol. The molecule has 0 spiro atoms. The Hall–Kier alpha value is -2.56. The first-order valence-corrected chi connectivity index (χ1v) is 7.72. The third-order valence-corrected chi connectivity index (χ3v) is 3.08. The molecule has 0 bridgehead atoms. The van der Waals surface area contributed by atoms with E-state index in [9.17, 15) is 4.79 Å². The lowest BCUT2D eigenvalue weighted by molar-refractivity contribution is -0.123. The average Bonchev–Trinajstić information content (AvgIpc) is 2.57. The molecule has 0 atom stereocenters. The Kier molecular flexibility index (Phi) is 6.41. The van der Waals surface area contributed by atoms with Crippen LogP contribution in [0.1, 0.15) is 24.7 Å². The number of hydrogen-bond donors (Lipinski definition) is 1. The first-order chi connectivity index (χ1) is 11.2. The smallest absolute Gasteiger partial charge is 0.258 e. The highest BCUT2D eigenvalue weighted by molar-refractivity contribution is 5.77. The van der Waals surface area contributed by atoms with Crippen LogP contribution in [0.5, 0.6) is 11.5 Å². The number of carbonyl (C=O) groups excluding carboxylic acids is 1. The first kappa shape index (κ1) is 16.8. The van der Waals surface area contributed by atoms with Gasteiger partial charge in [-0.2, -0.15) is 0 Å². The van der Waals surface area contributed by atoms with Crippen molar-refractivity contribution in [2.24, 2.45) is 0 Å². The molecule has 122 valence electrons. The van der Waals surface area contributed by atoms with Gasteiger partial charge in [0, 0.05) is 5.69 Å². The number of aromatic nitrogens is 1. The van der Waals surface area contributed by atoms with Crippen molar-refractivity contribution >= 4 is 5.91 Å². The summed E-state index contributed by atoms with van der Waals surface area (Å²) < 4.78 is 10.9. The van der Waals surface area contributed by atoms with Gasteiger partial charge in [0.05, 0.1) is 18.8 Å². The van der Waals surface area contributed by atoms with Crippen LogP contribution >= 0.6 is 0 Å². The van der Waals surface area contributed by atoms with Gasteiger partial charge < -0.3 is 14.8 Å². The number of hydrogen-bond acceptors (Lipinski definition) is 4. The van der Waals surface area contributed by atoms with E-state index < -0.39 is 0 Å². The van der Waals surface area contributed by atoms with E-state index in [1.165, 1.54) is 0 Å². The van der Waals surface area contributed by atoms with Gasteiger partial charge in [0.1, 0.15) is 11.5 Å². The summed E-state index contributed by atoms with van der Waals surface area (Å²) in [5.74, 6) is 1.26. The second-order valence-corrected chi connectivity index (χ2v) is 5.16. The predicted octanol–water partition coefficient (Wildman–Crippen LogP) is 2.87. The van der Waals surface area contributed by atoms with Gasteiger partial charge in [-0.1, -0.05) is 13.0 Å². The summed E-state index contributed by atoms with van der Waals surface area (Å²) in [6, 6.07) is 13.0. The van der Waals surface area contributed by atoms with Crippen LogP contribution < -0.4 is 14.8 Å². The quantitative estimate of drug-likeness (QED) is 0.814. The topological polar surface area (TPSA) is 60.5 Å². The summed E-state index contributed by atoms with van der Waals surface area (Å²) in [5.41, 5.74) is 1.76. The fraction of sp³-hybridized carbons (Fsp3) is 0.333. The van der Waals surface area contributed by atoms with Crippen molar-refractivity contribution < 1.29 is 14.3 Å². The van der Waals surface area contributed by atoms with Crippen molar-refractivity contribution in [3.63, 3.8) is 0 Å². The third-order valence-electron chi connectivity index (χ3n) is 3.08. The minimum absolute atomic E-state index is 0.0268. The minimum atomic E-state index is -0.181. The average molecular weight is 314 g/mol. The second kappa shape index (κ2) is 8.78. The highest BCUT2D eigenvalue weighted by Crippen LogP contribution is 2.17. The Balaban J connectivity index is 1.73. The number of nitrogens with one attached hydrogen (secondary N) is 1. The number of benzene rings is 1. The molecule has 1 aromatic heterocycles. The fourth-order valence-electron chi connectivity index (χ4n) is 1.94. The van der Waals surface area contributed by atoms with Crippen molar-refractivity contribution in [1.29, 1.82) is 0 Å². The van der Waals surface area contributed by atoms with Crippen LogP contribution in [0.25, 0.3) is 0 Å². The molecule has 0 aliphatic heterocycles. The summed E-state index contributed by atoms with van der Waals surface area (Å²) in [4.78, 5) is 16.1. The lowest BCUT2D eigenvalue weighted by Crippen LogP contribution is -2.28. The van der Waals surface area contributed by atoms with E-state index in [4.69, 9.17) is 9.47 Å². The normalized spacial score (nSPS) is 10.2. The van der Waals surface area contributed by atoms with Gasteiger partial charge in [0.2, 0.25) is 0 Å². The molecule has 0 fully saturated rings. The summed E-state index contributed by atoms with van der Waals surface area (Å²) in [6.07, 6.45) is 0.966. The lowest BCUT2D eigenvalue weighted by atomic mass is 10.3. The minimum Gasteiger partial charge on any atom is -0.494 e. The zero-order chi connectivity index (χ0) is 16.5. The number of amides is 1. The van der Waals surface area contributed by atoms with Crippen LogP contribution in [0.4, 0.5) is 0 Å². The maximum atomic E-state index is 11.8. The lowest BCUT2D eigenvalue weighted by Gasteiger charge is -2.09. The molecule has 1 heterocycles. The van der Waals surface area contributed by atoms with Crippen LogP contribution in [0, 0.1) is 6.92 Å². The van der Waals surface area contributed by atoms with Gasteiger partial charge in [0.15, 0.2) is 6.61 Å². The van der Waals surface area contributed by atoms with Crippen molar-refractivity contribution in [1.82, 2.24) is 10.3 Å². The molecule has 0 radical (unpaired) electrons. The van der Waals surface area contributed by atoms with Crippen molar-refractivity contribution in [3.8, 4) is 11.5 Å². The molecule has 2 aromatic rings. The zero-order valence-electron chi connectivity index (χ0n) is 13.5. The Bertz CT molecular complexity index is 626. The van der Waals surface area contributed by atoms with Crippen LogP contribution in [0.15, 0.2) is 42.5 Å². The van der Waals surface area contributed by atoms with E-state index in [1.54, 1.807) is 12.1 Å². The number of rotatable bonds is 8. The largest absolute Gasteiger partial charge is 0.494 e. The third kappa shape index (κ3) is 5.98. The molecule has 0 aliphatic carbocycles. The number of carbonyl (C=O) groups is 1. The maximum absolute atomic E-state index is 11.8. The molecule has 0 saturated heterocycles. The van der Waals surface area contributed by atoms with Crippen LogP contribution in [-0.4, -0.2) is 24.1 Å². The molecular formula is C18H22N2O3. The molecule has 0 aliphatic rings. The van der Waals surface area contributed by atoms with E-state index in [2.05, 4.69) is 17.2 Å². The SMILES string of the molecule is CCCOc1ccc(OCC(=O)NCc2cccc(C)n2)cc1. The second-order valence-electron chi connectivity index (χ2n) is 5.16. The van der Waals surface area contributed by atoms with Crippen molar-refractivity contribution in [3.05, 3.63) is 53.9 Å². The van der Waals surface area contributed by atoms with Gasteiger partial charge in [-0.15, -0.1) is 0 Å². The van der Waals surface area contributed by atoms with Crippen molar-refractivity contribution in [2.45, 2.75) is 26.8 Å². The Morgan fingerprint density at radius 3 is 2.43 bits per heavy atom. The number of aryl methyl sites for hydroxylation is 1. The van der Waals surface area contributed by atoms with Gasteiger partial charge in [-0.3, -0.25) is 9.78 Å². The number of nitrogens with zero attached hydrogens (tertiary/aromatic N) is 1.